The van der Waals surface area contributed by atoms with Crippen LogP contribution in [0.4, 0.5) is 0 Å². The number of aryl methyl sites for hydroxylation is 1. The zero-order chi connectivity index (χ0) is 13.8. The van der Waals surface area contributed by atoms with Crippen molar-refractivity contribution in [1.29, 1.82) is 0 Å². The molecule has 0 aromatic carbocycles. The van der Waals surface area contributed by atoms with Crippen LogP contribution in [-0.4, -0.2) is 17.5 Å². The van der Waals surface area contributed by atoms with E-state index in [-0.39, 0.29) is 0 Å². The molecule has 0 aliphatic carbocycles. The molecule has 2 aromatic rings. The fourth-order valence-corrected chi connectivity index (χ4v) is 4.01. The van der Waals surface area contributed by atoms with E-state index in [0.717, 1.165) is 6.54 Å². The molecule has 0 saturated heterocycles. The van der Waals surface area contributed by atoms with E-state index in [0.29, 0.717) is 18.6 Å². The van der Waals surface area contributed by atoms with E-state index in [4.69, 9.17) is 5.73 Å². The molecule has 0 fully saturated rings. The van der Waals surface area contributed by atoms with Gasteiger partial charge in [0.25, 0.3) is 0 Å². The molecule has 1 atom stereocenters. The molecular formula is C15H22N2S2. The molecule has 0 aliphatic rings. The maximum Gasteiger partial charge on any atom is 0.0570 e. The molecule has 104 valence electrons. The fraction of sp³-hybridized carbons (Fsp3) is 0.467. The van der Waals surface area contributed by atoms with Gasteiger partial charge in [-0.15, -0.1) is 22.7 Å². The van der Waals surface area contributed by atoms with Crippen molar-refractivity contribution >= 4 is 22.7 Å². The first-order valence-electron chi connectivity index (χ1n) is 6.66. The van der Waals surface area contributed by atoms with Gasteiger partial charge in [0.1, 0.15) is 0 Å². The normalized spacial score (nSPS) is 13.4. The first-order chi connectivity index (χ1) is 9.11. The molecule has 4 heteroatoms. The lowest BCUT2D eigenvalue weighted by Crippen LogP contribution is -2.37. The van der Waals surface area contributed by atoms with Gasteiger partial charge in [0, 0.05) is 33.8 Å². The van der Waals surface area contributed by atoms with Gasteiger partial charge in [-0.1, -0.05) is 6.07 Å². The summed E-state index contributed by atoms with van der Waals surface area (Å²) in [6, 6.07) is 9.53. The smallest absolute Gasteiger partial charge is 0.0570 e. The molecule has 0 radical (unpaired) electrons. The van der Waals surface area contributed by atoms with Gasteiger partial charge >= 0.3 is 0 Å². The van der Waals surface area contributed by atoms with Gasteiger partial charge in [0.05, 0.1) is 6.04 Å². The zero-order valence-corrected chi connectivity index (χ0v) is 13.4. The second-order valence-corrected chi connectivity index (χ2v) is 7.40. The molecule has 1 unspecified atom stereocenters. The van der Waals surface area contributed by atoms with Crippen LogP contribution in [0.15, 0.2) is 29.6 Å². The first kappa shape index (κ1) is 14.7. The van der Waals surface area contributed by atoms with Crippen LogP contribution in [0.25, 0.3) is 0 Å². The first-order valence-corrected chi connectivity index (χ1v) is 8.36. The van der Waals surface area contributed by atoms with Crippen molar-refractivity contribution in [2.75, 3.05) is 6.54 Å². The van der Waals surface area contributed by atoms with Crippen molar-refractivity contribution in [3.8, 4) is 0 Å². The second kappa shape index (κ2) is 6.66. The van der Waals surface area contributed by atoms with E-state index in [1.54, 1.807) is 0 Å². The van der Waals surface area contributed by atoms with E-state index in [1.807, 2.05) is 22.7 Å². The maximum atomic E-state index is 6.05. The SMILES string of the molecule is Cc1ccc(C(CN)N(Cc2cccs2)C(C)C)s1. The minimum Gasteiger partial charge on any atom is -0.329 e. The summed E-state index contributed by atoms with van der Waals surface area (Å²) < 4.78 is 0. The summed E-state index contributed by atoms with van der Waals surface area (Å²) in [7, 11) is 0. The van der Waals surface area contributed by atoms with Crippen molar-refractivity contribution in [2.24, 2.45) is 5.73 Å². The van der Waals surface area contributed by atoms with Gasteiger partial charge in [0.15, 0.2) is 0 Å². The Balaban J connectivity index is 2.20. The Morgan fingerprint density at radius 1 is 1.26 bits per heavy atom. The minimum atomic E-state index is 0.320. The molecule has 19 heavy (non-hydrogen) atoms. The van der Waals surface area contributed by atoms with Crippen molar-refractivity contribution in [3.05, 3.63) is 44.3 Å². The molecule has 2 heterocycles. The third-order valence-electron chi connectivity index (χ3n) is 3.29. The molecule has 2 N–H and O–H groups in total. The van der Waals surface area contributed by atoms with Crippen LogP contribution in [0.3, 0.4) is 0 Å². The average molecular weight is 294 g/mol. The summed E-state index contributed by atoms with van der Waals surface area (Å²) in [5.41, 5.74) is 6.05. The number of nitrogens with zero attached hydrogens (tertiary/aromatic N) is 1. The third-order valence-corrected chi connectivity index (χ3v) is 5.26. The number of rotatable bonds is 6. The summed E-state index contributed by atoms with van der Waals surface area (Å²) in [5.74, 6) is 0. The standard InChI is InChI=1S/C15H22N2S2/c1-11(2)17(10-13-5-4-8-18-13)14(9-16)15-7-6-12(3)19-15/h4-8,11,14H,9-10,16H2,1-3H3. The van der Waals surface area contributed by atoms with Crippen molar-refractivity contribution in [2.45, 2.75) is 39.4 Å². The van der Waals surface area contributed by atoms with Gasteiger partial charge in [-0.25, -0.2) is 0 Å². The Morgan fingerprint density at radius 3 is 2.53 bits per heavy atom. The molecule has 2 rings (SSSR count). The van der Waals surface area contributed by atoms with Crippen molar-refractivity contribution in [1.82, 2.24) is 4.90 Å². The van der Waals surface area contributed by atoms with Gasteiger partial charge in [-0.2, -0.15) is 0 Å². The molecule has 0 bridgehead atoms. The van der Waals surface area contributed by atoms with Crippen molar-refractivity contribution < 1.29 is 0 Å². The van der Waals surface area contributed by atoms with Crippen LogP contribution < -0.4 is 5.73 Å². The molecule has 0 aliphatic heterocycles. The Bertz CT molecular complexity index is 488. The summed E-state index contributed by atoms with van der Waals surface area (Å²) in [4.78, 5) is 6.64. The Hall–Kier alpha value is -0.680. The summed E-state index contributed by atoms with van der Waals surface area (Å²) in [6.45, 7) is 8.30. The third kappa shape index (κ3) is 3.66. The monoisotopic (exact) mass is 294 g/mol. The Labute approximate surface area is 123 Å². The van der Waals surface area contributed by atoms with Gasteiger partial charge < -0.3 is 5.73 Å². The maximum absolute atomic E-state index is 6.05. The van der Waals surface area contributed by atoms with Gasteiger partial charge in [0.2, 0.25) is 0 Å². The lowest BCUT2D eigenvalue weighted by molar-refractivity contribution is 0.152. The quantitative estimate of drug-likeness (QED) is 0.871. The number of hydrogen-bond acceptors (Lipinski definition) is 4. The summed E-state index contributed by atoms with van der Waals surface area (Å²) in [5, 5.41) is 2.14. The predicted molar refractivity (Wildman–Crippen MR) is 85.8 cm³/mol. The van der Waals surface area contributed by atoms with Gasteiger partial charge in [-0.05, 0) is 44.4 Å². The van der Waals surface area contributed by atoms with E-state index in [1.165, 1.54) is 14.6 Å². The Morgan fingerprint density at radius 2 is 2.05 bits per heavy atom. The molecule has 2 nitrogen and oxygen atoms in total. The lowest BCUT2D eigenvalue weighted by Gasteiger charge is -2.33. The highest BCUT2D eigenvalue weighted by Gasteiger charge is 2.23. The summed E-state index contributed by atoms with van der Waals surface area (Å²) >= 11 is 3.68. The second-order valence-electron chi connectivity index (χ2n) is 5.05. The van der Waals surface area contributed by atoms with Crippen LogP contribution in [0.5, 0.6) is 0 Å². The molecular weight excluding hydrogens is 272 g/mol. The number of hydrogen-bond donors (Lipinski definition) is 1. The largest absolute Gasteiger partial charge is 0.329 e. The van der Waals surface area contributed by atoms with E-state index in [9.17, 15) is 0 Å². The Kier molecular flexibility index (Phi) is 5.16. The highest BCUT2D eigenvalue weighted by molar-refractivity contribution is 7.12. The number of nitrogens with two attached hydrogens (primary N) is 1. The van der Waals surface area contributed by atoms with Crippen LogP contribution in [0.1, 0.15) is 34.5 Å². The summed E-state index contributed by atoms with van der Waals surface area (Å²) in [6.07, 6.45) is 0. The van der Waals surface area contributed by atoms with Crippen LogP contribution in [-0.2, 0) is 6.54 Å². The highest BCUT2D eigenvalue weighted by atomic mass is 32.1. The topological polar surface area (TPSA) is 29.3 Å². The van der Waals surface area contributed by atoms with E-state index >= 15 is 0 Å². The van der Waals surface area contributed by atoms with E-state index < -0.39 is 0 Å². The molecule has 0 saturated carbocycles. The zero-order valence-electron chi connectivity index (χ0n) is 11.8. The predicted octanol–water partition coefficient (Wildman–Crippen LogP) is 4.03. The van der Waals surface area contributed by atoms with E-state index in [2.05, 4.69) is 55.3 Å². The van der Waals surface area contributed by atoms with Crippen LogP contribution in [0, 0.1) is 6.92 Å². The highest BCUT2D eigenvalue weighted by Crippen LogP contribution is 2.30. The molecule has 0 spiro atoms. The molecule has 2 aromatic heterocycles. The number of thiophene rings is 2. The van der Waals surface area contributed by atoms with Crippen LogP contribution >= 0.6 is 22.7 Å². The molecule has 0 amide bonds. The van der Waals surface area contributed by atoms with Crippen LogP contribution in [0.2, 0.25) is 0 Å². The average Bonchev–Trinajstić information content (AvgIpc) is 3.00. The van der Waals surface area contributed by atoms with Gasteiger partial charge in [-0.3, -0.25) is 4.90 Å². The fourth-order valence-electron chi connectivity index (χ4n) is 2.28. The van der Waals surface area contributed by atoms with Crippen molar-refractivity contribution in [3.63, 3.8) is 0 Å². The minimum absolute atomic E-state index is 0.320. The lowest BCUT2D eigenvalue weighted by atomic mass is 10.1.